The highest BCUT2D eigenvalue weighted by atomic mass is 32.2. The van der Waals surface area contributed by atoms with Gasteiger partial charge in [-0.15, -0.1) is 6.58 Å². The molecule has 2 rings (SSSR count). The minimum absolute atomic E-state index is 0.0559. The average molecular weight is 307 g/mol. The van der Waals surface area contributed by atoms with Crippen molar-refractivity contribution in [3.63, 3.8) is 0 Å². The molecular weight excluding hydrogens is 286 g/mol. The van der Waals surface area contributed by atoms with E-state index >= 15 is 0 Å². The molecule has 0 N–H and O–H groups in total. The lowest BCUT2D eigenvalue weighted by molar-refractivity contribution is 0.233. The van der Waals surface area contributed by atoms with E-state index < -0.39 is 10.0 Å². The molecule has 5 heteroatoms. The van der Waals surface area contributed by atoms with E-state index in [1.807, 2.05) is 25.1 Å². The molecule has 1 atom stereocenters. The van der Waals surface area contributed by atoms with Gasteiger partial charge < -0.3 is 4.74 Å². The summed E-state index contributed by atoms with van der Waals surface area (Å²) >= 11 is 0. The third-order valence-electron chi connectivity index (χ3n) is 3.69. The molecule has 1 saturated heterocycles. The first kappa shape index (κ1) is 15.9. The molecule has 0 aliphatic carbocycles. The maximum atomic E-state index is 12.7. The molecule has 4 nitrogen and oxygen atoms in total. The normalized spacial score (nSPS) is 21.8. The number of rotatable bonds is 5. The molecule has 21 heavy (non-hydrogen) atoms. The van der Waals surface area contributed by atoms with Gasteiger partial charge >= 0.3 is 0 Å². The van der Waals surface area contributed by atoms with Crippen LogP contribution in [-0.2, 0) is 14.8 Å². The van der Waals surface area contributed by atoms with Crippen LogP contribution in [0.3, 0.4) is 0 Å². The van der Waals surface area contributed by atoms with E-state index in [-0.39, 0.29) is 5.92 Å². The molecule has 0 bridgehead atoms. The number of benzene rings is 1. The van der Waals surface area contributed by atoms with Crippen molar-refractivity contribution in [1.29, 1.82) is 0 Å². The van der Waals surface area contributed by atoms with Crippen LogP contribution < -0.4 is 0 Å². The van der Waals surface area contributed by atoms with Gasteiger partial charge in [0.05, 0.1) is 11.5 Å². The molecule has 0 saturated carbocycles. The van der Waals surface area contributed by atoms with E-state index in [9.17, 15) is 8.42 Å². The number of methoxy groups -OCH3 is 1. The van der Waals surface area contributed by atoms with E-state index in [4.69, 9.17) is 4.74 Å². The van der Waals surface area contributed by atoms with Crippen LogP contribution in [0.2, 0.25) is 0 Å². The Kier molecular flexibility index (Phi) is 4.98. The minimum atomic E-state index is -3.45. The van der Waals surface area contributed by atoms with Crippen molar-refractivity contribution in [2.24, 2.45) is 5.92 Å². The zero-order valence-corrected chi connectivity index (χ0v) is 13.3. The van der Waals surface area contributed by atoms with Gasteiger partial charge in [-0.25, -0.2) is 8.42 Å². The lowest BCUT2D eigenvalue weighted by Gasteiger charge is -2.15. The van der Waals surface area contributed by atoms with Crippen LogP contribution in [0.15, 0.2) is 53.5 Å². The fourth-order valence-corrected chi connectivity index (χ4v) is 3.85. The second-order valence-corrected chi connectivity index (χ2v) is 7.13. The van der Waals surface area contributed by atoms with Crippen molar-refractivity contribution < 1.29 is 13.2 Å². The summed E-state index contributed by atoms with van der Waals surface area (Å²) in [4.78, 5) is 0.337. The Morgan fingerprint density at radius 1 is 1.38 bits per heavy atom. The molecule has 1 aromatic carbocycles. The Hall–Kier alpha value is -1.43. The van der Waals surface area contributed by atoms with Gasteiger partial charge in [0, 0.05) is 26.1 Å². The van der Waals surface area contributed by atoms with E-state index in [1.54, 1.807) is 25.3 Å². The van der Waals surface area contributed by atoms with E-state index in [0.717, 1.165) is 11.1 Å². The lowest BCUT2D eigenvalue weighted by atomic mass is 10.0. The smallest absolute Gasteiger partial charge is 0.243 e. The van der Waals surface area contributed by atoms with Gasteiger partial charge in [-0.05, 0) is 24.6 Å². The average Bonchev–Trinajstić information content (AvgIpc) is 2.89. The molecule has 0 spiro atoms. The topological polar surface area (TPSA) is 46.6 Å². The Labute approximate surface area is 126 Å². The third-order valence-corrected chi connectivity index (χ3v) is 5.52. The number of sulfonamides is 1. The second kappa shape index (κ2) is 6.56. The van der Waals surface area contributed by atoms with Gasteiger partial charge in [0.2, 0.25) is 10.0 Å². The van der Waals surface area contributed by atoms with E-state index in [0.29, 0.717) is 24.6 Å². The summed E-state index contributed by atoms with van der Waals surface area (Å²) in [7, 11) is -1.83. The Morgan fingerprint density at radius 2 is 2.05 bits per heavy atom. The van der Waals surface area contributed by atoms with Crippen molar-refractivity contribution in [2.45, 2.75) is 11.8 Å². The first-order chi connectivity index (χ1) is 9.98. The third kappa shape index (κ3) is 3.43. The van der Waals surface area contributed by atoms with Crippen molar-refractivity contribution in [1.82, 2.24) is 4.31 Å². The first-order valence-electron chi connectivity index (χ1n) is 6.86. The van der Waals surface area contributed by atoms with Crippen LogP contribution >= 0.6 is 0 Å². The summed E-state index contributed by atoms with van der Waals surface area (Å²) in [5.74, 6) is 0.0559. The lowest BCUT2D eigenvalue weighted by Crippen LogP contribution is -2.28. The number of nitrogens with zero attached hydrogens (tertiary/aromatic N) is 1. The fraction of sp³-hybridized carbons (Fsp3) is 0.375. The van der Waals surface area contributed by atoms with Gasteiger partial charge in [-0.3, -0.25) is 0 Å². The fourth-order valence-electron chi connectivity index (χ4n) is 2.40. The monoisotopic (exact) mass is 307 g/mol. The highest BCUT2D eigenvalue weighted by molar-refractivity contribution is 7.89. The predicted octanol–water partition coefficient (Wildman–Crippen LogP) is 2.37. The van der Waals surface area contributed by atoms with Crippen LogP contribution in [-0.4, -0.2) is 39.5 Å². The van der Waals surface area contributed by atoms with Gasteiger partial charge in [0.1, 0.15) is 0 Å². The van der Waals surface area contributed by atoms with Crippen LogP contribution in [0.4, 0.5) is 0 Å². The molecule has 114 valence electrons. The Balaban J connectivity index is 2.26. The van der Waals surface area contributed by atoms with Gasteiger partial charge in [0.25, 0.3) is 0 Å². The molecule has 1 aliphatic heterocycles. The molecule has 1 aromatic rings. The second-order valence-electron chi connectivity index (χ2n) is 5.19. The van der Waals surface area contributed by atoms with Crippen LogP contribution in [0.25, 0.3) is 0 Å². The molecule has 1 unspecified atom stereocenters. The number of aryl methyl sites for hydroxylation is 1. The maximum Gasteiger partial charge on any atom is 0.243 e. The molecule has 0 amide bonds. The molecule has 0 aromatic heterocycles. The zero-order chi connectivity index (χ0) is 15.5. The summed E-state index contributed by atoms with van der Waals surface area (Å²) < 4.78 is 31.9. The van der Waals surface area contributed by atoms with Crippen molar-refractivity contribution in [2.75, 3.05) is 26.8 Å². The number of hydrogen-bond acceptors (Lipinski definition) is 3. The van der Waals surface area contributed by atoms with Gasteiger partial charge in [-0.2, -0.15) is 4.31 Å². The van der Waals surface area contributed by atoms with Gasteiger partial charge in [0.15, 0.2) is 0 Å². The highest BCUT2D eigenvalue weighted by Crippen LogP contribution is 2.29. The summed E-state index contributed by atoms with van der Waals surface area (Å²) in [6.45, 7) is 7.06. The summed E-state index contributed by atoms with van der Waals surface area (Å²) in [5.41, 5.74) is 2.09. The van der Waals surface area contributed by atoms with E-state index in [2.05, 4.69) is 6.58 Å². The molecule has 0 radical (unpaired) electrons. The predicted molar refractivity (Wildman–Crippen MR) is 83.6 cm³/mol. The molecule has 1 heterocycles. The number of hydrogen-bond donors (Lipinski definition) is 0. The quantitative estimate of drug-likeness (QED) is 0.785. The van der Waals surface area contributed by atoms with E-state index in [1.165, 1.54) is 4.31 Å². The minimum Gasteiger partial charge on any atom is -0.381 e. The summed E-state index contributed by atoms with van der Waals surface area (Å²) in [6, 6.07) is 6.94. The van der Waals surface area contributed by atoms with Crippen LogP contribution in [0.1, 0.15) is 5.56 Å². The van der Waals surface area contributed by atoms with Crippen LogP contribution in [0.5, 0.6) is 0 Å². The van der Waals surface area contributed by atoms with Crippen molar-refractivity contribution in [3.05, 3.63) is 54.1 Å². The Morgan fingerprint density at radius 3 is 2.62 bits per heavy atom. The largest absolute Gasteiger partial charge is 0.381 e. The standard InChI is InChI=1S/C16H21NO3S/c1-4-14-11-17(12-15(14)9-10-20-3)21(18,19)16-7-5-13(2)6-8-16/h4-9,14H,1,10-12H2,2-3H3/b15-9-. The first-order valence-corrected chi connectivity index (χ1v) is 8.30. The van der Waals surface area contributed by atoms with Crippen molar-refractivity contribution >= 4 is 10.0 Å². The van der Waals surface area contributed by atoms with Crippen molar-refractivity contribution in [3.8, 4) is 0 Å². The molecule has 1 fully saturated rings. The maximum absolute atomic E-state index is 12.7. The number of ether oxygens (including phenoxy) is 1. The molecular formula is C16H21NO3S. The van der Waals surface area contributed by atoms with Gasteiger partial charge in [-0.1, -0.05) is 29.8 Å². The Bertz CT molecular complexity index is 632. The summed E-state index contributed by atoms with van der Waals surface area (Å²) in [6.07, 6.45) is 3.74. The SMILES string of the molecule is C=CC1CN(S(=O)(=O)c2ccc(C)cc2)C/C1=C/COC. The van der Waals surface area contributed by atoms with Crippen LogP contribution in [0, 0.1) is 12.8 Å². The zero-order valence-electron chi connectivity index (χ0n) is 12.5. The molecule has 1 aliphatic rings. The summed E-state index contributed by atoms with van der Waals surface area (Å²) in [5, 5.41) is 0. The highest BCUT2D eigenvalue weighted by Gasteiger charge is 2.34.